The van der Waals surface area contributed by atoms with Gasteiger partial charge in [-0.1, -0.05) is 12.1 Å². The molecule has 0 N–H and O–H groups in total. The summed E-state index contributed by atoms with van der Waals surface area (Å²) < 4.78 is 21.4. The summed E-state index contributed by atoms with van der Waals surface area (Å²) in [6.07, 6.45) is 6.33. The van der Waals surface area contributed by atoms with Crippen LogP contribution in [0.5, 0.6) is 23.0 Å². The van der Waals surface area contributed by atoms with Crippen molar-refractivity contribution in [2.45, 2.75) is 6.61 Å². The highest BCUT2D eigenvalue weighted by Gasteiger charge is 2.04. The molecule has 3 aromatic rings. The normalized spacial score (nSPS) is 10.6. The lowest BCUT2D eigenvalue weighted by Crippen LogP contribution is -2.00. The van der Waals surface area contributed by atoms with Crippen molar-refractivity contribution >= 4 is 12.0 Å². The summed E-state index contributed by atoms with van der Waals surface area (Å²) in [6, 6.07) is 16.3. The Bertz CT molecular complexity index is 968. The summed E-state index contributed by atoms with van der Waals surface area (Å²) in [5.41, 5.74) is 1.61. The van der Waals surface area contributed by atoms with E-state index in [-0.39, 0.29) is 6.61 Å². The SMILES string of the molecule is COc1ccc(/C=C/C(=O)OCc2ccc(Oc3cccnc3)cc2)c(OC)c1. The second kappa shape index (κ2) is 9.94. The molecular formula is C23H21NO5. The van der Waals surface area contributed by atoms with Gasteiger partial charge in [-0.2, -0.15) is 0 Å². The number of benzene rings is 2. The molecule has 0 unspecified atom stereocenters. The van der Waals surface area contributed by atoms with Gasteiger partial charge >= 0.3 is 5.97 Å². The Balaban J connectivity index is 1.53. The zero-order valence-corrected chi connectivity index (χ0v) is 16.2. The maximum Gasteiger partial charge on any atom is 0.331 e. The minimum absolute atomic E-state index is 0.163. The average molecular weight is 391 g/mol. The number of hydrogen-bond donors (Lipinski definition) is 0. The minimum atomic E-state index is -0.446. The third-order valence-electron chi connectivity index (χ3n) is 4.01. The fraction of sp³-hybridized carbons (Fsp3) is 0.130. The molecule has 0 amide bonds. The van der Waals surface area contributed by atoms with Crippen molar-refractivity contribution in [3.63, 3.8) is 0 Å². The molecule has 148 valence electrons. The molecule has 0 aliphatic rings. The molecule has 0 fully saturated rings. The average Bonchev–Trinajstić information content (AvgIpc) is 2.77. The largest absolute Gasteiger partial charge is 0.497 e. The highest BCUT2D eigenvalue weighted by atomic mass is 16.5. The van der Waals surface area contributed by atoms with Crippen LogP contribution in [0.1, 0.15) is 11.1 Å². The number of carbonyl (C=O) groups excluding carboxylic acids is 1. The van der Waals surface area contributed by atoms with Gasteiger partial charge in [0, 0.05) is 23.9 Å². The van der Waals surface area contributed by atoms with Crippen LogP contribution in [-0.2, 0) is 16.1 Å². The Labute approximate surface area is 169 Å². The van der Waals surface area contributed by atoms with E-state index in [2.05, 4.69) is 4.98 Å². The van der Waals surface area contributed by atoms with Gasteiger partial charge in [-0.15, -0.1) is 0 Å². The van der Waals surface area contributed by atoms with E-state index in [4.69, 9.17) is 18.9 Å². The first-order valence-electron chi connectivity index (χ1n) is 8.91. The zero-order chi connectivity index (χ0) is 20.5. The molecule has 0 spiro atoms. The maximum atomic E-state index is 12.0. The van der Waals surface area contributed by atoms with Crippen LogP contribution in [0.2, 0.25) is 0 Å². The van der Waals surface area contributed by atoms with Gasteiger partial charge in [0.15, 0.2) is 0 Å². The molecule has 0 bridgehead atoms. The summed E-state index contributed by atoms with van der Waals surface area (Å²) in [6.45, 7) is 0.163. The lowest BCUT2D eigenvalue weighted by atomic mass is 10.1. The van der Waals surface area contributed by atoms with Crippen molar-refractivity contribution < 1.29 is 23.7 Å². The second-order valence-electron chi connectivity index (χ2n) is 5.98. The molecule has 29 heavy (non-hydrogen) atoms. The van der Waals surface area contributed by atoms with E-state index in [0.717, 1.165) is 11.1 Å². The van der Waals surface area contributed by atoms with Crippen LogP contribution in [-0.4, -0.2) is 25.2 Å². The number of rotatable bonds is 8. The van der Waals surface area contributed by atoms with E-state index >= 15 is 0 Å². The molecule has 0 saturated heterocycles. The number of methoxy groups -OCH3 is 2. The van der Waals surface area contributed by atoms with Gasteiger partial charge in [0.2, 0.25) is 0 Å². The van der Waals surface area contributed by atoms with Crippen LogP contribution in [0, 0.1) is 0 Å². The lowest BCUT2D eigenvalue weighted by Gasteiger charge is -2.08. The summed E-state index contributed by atoms with van der Waals surface area (Å²) >= 11 is 0. The molecule has 0 radical (unpaired) electrons. The number of hydrogen-bond acceptors (Lipinski definition) is 6. The van der Waals surface area contributed by atoms with Crippen LogP contribution in [0.25, 0.3) is 6.08 Å². The molecule has 0 saturated carbocycles. The second-order valence-corrected chi connectivity index (χ2v) is 5.98. The molecule has 2 aromatic carbocycles. The van der Waals surface area contributed by atoms with Gasteiger partial charge in [0.25, 0.3) is 0 Å². The van der Waals surface area contributed by atoms with Gasteiger partial charge < -0.3 is 18.9 Å². The van der Waals surface area contributed by atoms with Gasteiger partial charge in [-0.25, -0.2) is 4.79 Å². The Kier molecular flexibility index (Phi) is 6.84. The standard InChI is InChI=1S/C23H21NO5/c1-26-20-11-7-18(22(14-20)27-2)8-12-23(25)28-16-17-5-9-19(10-6-17)29-21-4-3-13-24-15-21/h3-15H,16H2,1-2H3/b12-8+. The molecule has 6 nitrogen and oxygen atoms in total. The Hall–Kier alpha value is -3.80. The quantitative estimate of drug-likeness (QED) is 0.411. The topological polar surface area (TPSA) is 66.9 Å². The van der Waals surface area contributed by atoms with Crippen LogP contribution < -0.4 is 14.2 Å². The fourth-order valence-electron chi connectivity index (χ4n) is 2.51. The molecule has 0 atom stereocenters. The van der Waals surface area contributed by atoms with Crippen LogP contribution in [0.4, 0.5) is 0 Å². The summed E-state index contributed by atoms with van der Waals surface area (Å²) in [7, 11) is 3.14. The van der Waals surface area contributed by atoms with Crippen molar-refractivity contribution in [3.8, 4) is 23.0 Å². The number of aromatic nitrogens is 1. The van der Waals surface area contributed by atoms with E-state index in [1.165, 1.54) is 6.08 Å². The minimum Gasteiger partial charge on any atom is -0.497 e. The van der Waals surface area contributed by atoms with Crippen molar-refractivity contribution in [2.24, 2.45) is 0 Å². The highest BCUT2D eigenvalue weighted by molar-refractivity contribution is 5.87. The van der Waals surface area contributed by atoms with Crippen molar-refractivity contribution in [2.75, 3.05) is 14.2 Å². The van der Waals surface area contributed by atoms with Gasteiger partial charge in [-0.3, -0.25) is 4.98 Å². The lowest BCUT2D eigenvalue weighted by molar-refractivity contribution is -0.138. The van der Waals surface area contributed by atoms with E-state index in [9.17, 15) is 4.79 Å². The third kappa shape index (κ3) is 5.84. The van der Waals surface area contributed by atoms with Crippen molar-refractivity contribution in [1.29, 1.82) is 0 Å². The zero-order valence-electron chi connectivity index (χ0n) is 16.2. The molecule has 1 heterocycles. The maximum absolute atomic E-state index is 12.0. The molecule has 6 heteroatoms. The van der Waals surface area contributed by atoms with Crippen molar-refractivity contribution in [1.82, 2.24) is 4.98 Å². The van der Waals surface area contributed by atoms with Crippen LogP contribution in [0.15, 0.2) is 73.1 Å². The molecule has 1 aromatic heterocycles. The van der Waals surface area contributed by atoms with Gasteiger partial charge in [-0.05, 0) is 48.0 Å². The first-order valence-corrected chi connectivity index (χ1v) is 8.91. The number of nitrogens with zero attached hydrogens (tertiary/aromatic N) is 1. The van der Waals surface area contributed by atoms with E-state index < -0.39 is 5.97 Å². The Morgan fingerprint density at radius 2 is 1.76 bits per heavy atom. The first-order chi connectivity index (χ1) is 14.2. The van der Waals surface area contributed by atoms with Crippen molar-refractivity contribution in [3.05, 3.63) is 84.2 Å². The highest BCUT2D eigenvalue weighted by Crippen LogP contribution is 2.25. The molecule has 0 aliphatic heterocycles. The van der Waals surface area contributed by atoms with E-state index in [0.29, 0.717) is 23.0 Å². The van der Waals surface area contributed by atoms with E-state index in [1.807, 2.05) is 36.4 Å². The molecular weight excluding hydrogens is 370 g/mol. The smallest absolute Gasteiger partial charge is 0.331 e. The first kappa shape index (κ1) is 19.9. The Morgan fingerprint density at radius 1 is 0.966 bits per heavy atom. The summed E-state index contributed by atoms with van der Waals surface area (Å²) in [4.78, 5) is 16.0. The summed E-state index contributed by atoms with van der Waals surface area (Å²) in [5.74, 6) is 2.18. The third-order valence-corrected chi connectivity index (χ3v) is 4.01. The molecule has 0 aliphatic carbocycles. The molecule has 3 rings (SSSR count). The predicted octanol–water partition coefficient (Wildman–Crippen LogP) is 4.65. The Morgan fingerprint density at radius 3 is 2.45 bits per heavy atom. The number of esters is 1. The monoisotopic (exact) mass is 391 g/mol. The number of carbonyl (C=O) groups is 1. The fourth-order valence-corrected chi connectivity index (χ4v) is 2.51. The van der Waals surface area contributed by atoms with E-state index in [1.54, 1.807) is 50.9 Å². The van der Waals surface area contributed by atoms with Crippen LogP contribution in [0.3, 0.4) is 0 Å². The van der Waals surface area contributed by atoms with Gasteiger partial charge in [0.1, 0.15) is 29.6 Å². The number of ether oxygens (including phenoxy) is 4. The number of pyridine rings is 1. The van der Waals surface area contributed by atoms with Crippen LogP contribution >= 0.6 is 0 Å². The van der Waals surface area contributed by atoms with Gasteiger partial charge in [0.05, 0.1) is 20.4 Å². The predicted molar refractivity (Wildman–Crippen MR) is 109 cm³/mol. The summed E-state index contributed by atoms with van der Waals surface area (Å²) in [5, 5.41) is 0.